The van der Waals surface area contributed by atoms with E-state index in [1.165, 1.54) is 25.1 Å². The second-order valence-electron chi connectivity index (χ2n) is 7.10. The lowest BCUT2D eigenvalue weighted by atomic mass is 9.87. The molecule has 0 radical (unpaired) electrons. The highest BCUT2D eigenvalue weighted by Crippen LogP contribution is 2.30. The van der Waals surface area contributed by atoms with Crippen molar-refractivity contribution in [3.63, 3.8) is 0 Å². The van der Waals surface area contributed by atoms with Gasteiger partial charge >= 0.3 is 0 Å². The van der Waals surface area contributed by atoms with Gasteiger partial charge in [0.05, 0.1) is 0 Å². The number of carbonyl (C=O) groups is 1. The first kappa shape index (κ1) is 17.3. The van der Waals surface area contributed by atoms with E-state index >= 15 is 0 Å². The fraction of sp³-hybridized carbons (Fsp3) is 0.350. The van der Waals surface area contributed by atoms with Gasteiger partial charge in [0.1, 0.15) is 22.7 Å². The average molecular weight is 366 g/mol. The van der Waals surface area contributed by atoms with E-state index in [2.05, 4.69) is 22.2 Å². The molecule has 4 rings (SSSR count). The summed E-state index contributed by atoms with van der Waals surface area (Å²) in [7, 11) is 0. The van der Waals surface area contributed by atoms with Crippen LogP contribution in [0.1, 0.15) is 43.1 Å². The molecule has 1 aliphatic carbocycles. The Kier molecular flexibility index (Phi) is 4.66. The third kappa shape index (κ3) is 4.02. The summed E-state index contributed by atoms with van der Waals surface area (Å²) in [6.45, 7) is 2.28. The Morgan fingerprint density at radius 3 is 2.93 bits per heavy atom. The fourth-order valence-electron chi connectivity index (χ4n) is 3.52. The number of oxazole rings is 1. The number of benzene rings is 1. The normalized spacial score (nSPS) is 19.7. The molecule has 1 fully saturated rings. The van der Waals surface area contributed by atoms with Gasteiger partial charge in [0, 0.05) is 24.4 Å². The quantitative estimate of drug-likeness (QED) is 0.704. The largest absolute Gasteiger partial charge is 0.457 e. The maximum absolute atomic E-state index is 11.2. The van der Waals surface area contributed by atoms with Crippen LogP contribution in [0, 0.1) is 5.92 Å². The summed E-state index contributed by atoms with van der Waals surface area (Å²) in [5.41, 5.74) is 6.81. The first-order valence-corrected chi connectivity index (χ1v) is 9.17. The molecule has 140 valence electrons. The van der Waals surface area contributed by atoms with Crippen LogP contribution in [0.5, 0.6) is 11.5 Å². The average Bonchev–Trinajstić information content (AvgIpc) is 3.03. The number of carbonyl (C=O) groups excluding carboxylic acids is 1. The number of nitrogens with zero attached hydrogens (tertiary/aromatic N) is 2. The molecule has 2 aromatic heterocycles. The van der Waals surface area contributed by atoms with Crippen molar-refractivity contribution in [2.75, 3.05) is 5.32 Å². The summed E-state index contributed by atoms with van der Waals surface area (Å²) < 4.78 is 11.7. The van der Waals surface area contributed by atoms with Crippen LogP contribution in [0.4, 0.5) is 6.01 Å². The van der Waals surface area contributed by atoms with Crippen LogP contribution in [0.2, 0.25) is 0 Å². The molecule has 0 aliphatic heterocycles. The van der Waals surface area contributed by atoms with E-state index < -0.39 is 5.91 Å². The molecule has 1 amide bonds. The van der Waals surface area contributed by atoms with Gasteiger partial charge in [-0.3, -0.25) is 9.78 Å². The summed E-state index contributed by atoms with van der Waals surface area (Å²) in [6, 6.07) is 9.54. The maximum atomic E-state index is 11.2. The molecule has 2 atom stereocenters. The second kappa shape index (κ2) is 7.26. The Bertz CT molecular complexity index is 969. The summed E-state index contributed by atoms with van der Waals surface area (Å²) in [5.74, 6) is 1.19. The molecule has 7 nitrogen and oxygen atoms in total. The zero-order chi connectivity index (χ0) is 18.8. The standard InChI is InChI=1S/C20H22N4O3/c1-12-3-2-4-13(9-12)23-20-24-16-6-5-14(11-18(16)27-20)26-15-7-8-22-17(10-15)19(21)25/h5-8,10-13H,2-4,9H2,1H3,(H2,21,25)(H,23,24). The Balaban J connectivity index is 1.50. The number of fused-ring (bicyclic) bond motifs is 1. The van der Waals surface area contributed by atoms with Gasteiger partial charge in [-0.15, -0.1) is 0 Å². The Hall–Kier alpha value is -3.09. The van der Waals surface area contributed by atoms with Gasteiger partial charge in [0.25, 0.3) is 11.9 Å². The van der Waals surface area contributed by atoms with E-state index in [0.717, 1.165) is 24.3 Å². The molecule has 2 unspecified atom stereocenters. The van der Waals surface area contributed by atoms with Crippen molar-refractivity contribution >= 4 is 23.0 Å². The van der Waals surface area contributed by atoms with Gasteiger partial charge in [-0.05, 0) is 37.0 Å². The second-order valence-corrected chi connectivity index (χ2v) is 7.10. The lowest BCUT2D eigenvalue weighted by Crippen LogP contribution is -2.26. The van der Waals surface area contributed by atoms with Gasteiger partial charge in [-0.25, -0.2) is 0 Å². The minimum Gasteiger partial charge on any atom is -0.457 e. The van der Waals surface area contributed by atoms with Crippen molar-refractivity contribution in [3.05, 3.63) is 42.2 Å². The lowest BCUT2D eigenvalue weighted by molar-refractivity contribution is 0.0995. The van der Waals surface area contributed by atoms with Crippen LogP contribution in [0.3, 0.4) is 0 Å². The number of amides is 1. The van der Waals surface area contributed by atoms with Gasteiger partial charge in [-0.1, -0.05) is 19.8 Å². The number of anilines is 1. The molecule has 2 heterocycles. The minimum absolute atomic E-state index is 0.154. The van der Waals surface area contributed by atoms with Gasteiger partial charge in [0.15, 0.2) is 5.58 Å². The van der Waals surface area contributed by atoms with Gasteiger partial charge in [0.2, 0.25) is 0 Å². The third-order valence-electron chi connectivity index (χ3n) is 4.84. The summed E-state index contributed by atoms with van der Waals surface area (Å²) in [4.78, 5) is 19.7. The van der Waals surface area contributed by atoms with Crippen molar-refractivity contribution in [3.8, 4) is 11.5 Å². The number of nitrogens with two attached hydrogens (primary N) is 1. The molecule has 1 saturated carbocycles. The summed E-state index contributed by atoms with van der Waals surface area (Å²) >= 11 is 0. The molecule has 27 heavy (non-hydrogen) atoms. The van der Waals surface area contributed by atoms with Crippen LogP contribution in [-0.4, -0.2) is 21.9 Å². The van der Waals surface area contributed by atoms with E-state index in [9.17, 15) is 4.79 Å². The van der Waals surface area contributed by atoms with Gasteiger partial charge < -0.3 is 20.2 Å². The maximum Gasteiger partial charge on any atom is 0.295 e. The number of hydrogen-bond donors (Lipinski definition) is 2. The van der Waals surface area contributed by atoms with Crippen molar-refractivity contribution in [1.82, 2.24) is 9.97 Å². The monoisotopic (exact) mass is 366 g/mol. The van der Waals surface area contributed by atoms with Crippen molar-refractivity contribution in [2.24, 2.45) is 11.7 Å². The van der Waals surface area contributed by atoms with E-state index in [0.29, 0.717) is 29.1 Å². The topological polar surface area (TPSA) is 103 Å². The molecule has 0 saturated heterocycles. The molecule has 3 N–H and O–H groups in total. The number of pyridine rings is 1. The van der Waals surface area contributed by atoms with Crippen LogP contribution in [0.15, 0.2) is 40.9 Å². The third-order valence-corrected chi connectivity index (χ3v) is 4.84. The molecule has 1 aliphatic rings. The Morgan fingerprint density at radius 2 is 2.11 bits per heavy atom. The van der Waals surface area contributed by atoms with Crippen molar-refractivity contribution < 1.29 is 13.9 Å². The zero-order valence-corrected chi connectivity index (χ0v) is 15.1. The molecule has 7 heteroatoms. The summed E-state index contributed by atoms with van der Waals surface area (Å²) in [5, 5.41) is 3.41. The number of primary amides is 1. The predicted octanol–water partition coefficient (Wildman–Crippen LogP) is 4.10. The van der Waals surface area contributed by atoms with Crippen molar-refractivity contribution in [2.45, 2.75) is 38.6 Å². The van der Waals surface area contributed by atoms with Crippen LogP contribution in [0.25, 0.3) is 11.1 Å². The number of nitrogens with one attached hydrogen (secondary N) is 1. The Morgan fingerprint density at radius 1 is 1.26 bits per heavy atom. The number of ether oxygens (including phenoxy) is 1. The van der Waals surface area contributed by atoms with E-state index in [1.54, 1.807) is 12.1 Å². The number of hydrogen-bond acceptors (Lipinski definition) is 6. The molecule has 1 aromatic carbocycles. The molecular weight excluding hydrogens is 344 g/mol. The highest BCUT2D eigenvalue weighted by molar-refractivity contribution is 5.91. The molecule has 0 bridgehead atoms. The predicted molar refractivity (Wildman–Crippen MR) is 102 cm³/mol. The molecule has 3 aromatic rings. The number of rotatable bonds is 5. The molecule has 0 spiro atoms. The fourth-order valence-corrected chi connectivity index (χ4v) is 3.52. The summed E-state index contributed by atoms with van der Waals surface area (Å²) in [6.07, 6.45) is 6.28. The van der Waals surface area contributed by atoms with Crippen LogP contribution >= 0.6 is 0 Å². The lowest BCUT2D eigenvalue weighted by Gasteiger charge is -2.26. The first-order valence-electron chi connectivity index (χ1n) is 9.17. The van der Waals surface area contributed by atoms with Gasteiger partial charge in [-0.2, -0.15) is 4.98 Å². The highest BCUT2D eigenvalue weighted by Gasteiger charge is 2.20. The highest BCUT2D eigenvalue weighted by atomic mass is 16.5. The minimum atomic E-state index is -0.598. The van der Waals surface area contributed by atoms with E-state index in [1.807, 2.05) is 12.1 Å². The Labute approximate surface area is 156 Å². The van der Waals surface area contributed by atoms with E-state index in [-0.39, 0.29) is 5.69 Å². The van der Waals surface area contributed by atoms with Crippen LogP contribution in [-0.2, 0) is 0 Å². The number of aromatic nitrogens is 2. The van der Waals surface area contributed by atoms with Crippen molar-refractivity contribution in [1.29, 1.82) is 0 Å². The zero-order valence-electron chi connectivity index (χ0n) is 15.1. The first-order chi connectivity index (χ1) is 13.1. The van der Waals surface area contributed by atoms with Crippen LogP contribution < -0.4 is 15.8 Å². The SMILES string of the molecule is CC1CCCC(Nc2nc3ccc(Oc4ccnc(C(N)=O)c4)cc3o2)C1. The van der Waals surface area contributed by atoms with E-state index in [4.69, 9.17) is 14.9 Å². The molecular formula is C20H22N4O3. The smallest absolute Gasteiger partial charge is 0.295 e.